The highest BCUT2D eigenvalue weighted by Crippen LogP contribution is 2.08. The molecule has 1 saturated heterocycles. The topological polar surface area (TPSA) is 61.4 Å². The number of piperazine rings is 1. The third-order valence-electron chi connectivity index (χ3n) is 3.16. The molecule has 1 fully saturated rings. The van der Waals surface area contributed by atoms with Gasteiger partial charge in [-0.25, -0.2) is 13.1 Å². The van der Waals surface area contributed by atoms with Gasteiger partial charge in [-0.1, -0.05) is 6.07 Å². The quantitative estimate of drug-likeness (QED) is 0.751. The van der Waals surface area contributed by atoms with Crippen LogP contribution in [0.2, 0.25) is 0 Å². The molecule has 2 rings (SSSR count). The van der Waals surface area contributed by atoms with Gasteiger partial charge in [0.2, 0.25) is 10.0 Å². The minimum Gasteiger partial charge on any atom is -0.314 e. The van der Waals surface area contributed by atoms with Crippen molar-refractivity contribution in [1.82, 2.24) is 14.9 Å². The highest BCUT2D eigenvalue weighted by atomic mass is 32.2. The van der Waals surface area contributed by atoms with E-state index in [1.165, 1.54) is 4.88 Å². The van der Waals surface area contributed by atoms with Crippen molar-refractivity contribution in [2.45, 2.75) is 6.42 Å². The summed E-state index contributed by atoms with van der Waals surface area (Å²) in [6.45, 7) is 4.88. The van der Waals surface area contributed by atoms with E-state index in [0.29, 0.717) is 13.1 Å². The molecule has 0 spiro atoms. The molecule has 0 amide bonds. The van der Waals surface area contributed by atoms with Gasteiger partial charge in [-0.05, 0) is 17.9 Å². The summed E-state index contributed by atoms with van der Waals surface area (Å²) in [7, 11) is -3.14. The van der Waals surface area contributed by atoms with Gasteiger partial charge in [0.15, 0.2) is 0 Å². The summed E-state index contributed by atoms with van der Waals surface area (Å²) in [5.41, 5.74) is 0. The number of rotatable bonds is 7. The van der Waals surface area contributed by atoms with E-state index >= 15 is 0 Å². The van der Waals surface area contributed by atoms with E-state index in [2.05, 4.69) is 14.9 Å². The first kappa shape index (κ1) is 14.9. The second kappa shape index (κ2) is 7.35. The Morgan fingerprint density at radius 1 is 1.37 bits per heavy atom. The molecular formula is C12H21N3O2S2. The van der Waals surface area contributed by atoms with Crippen LogP contribution in [-0.4, -0.2) is 58.3 Å². The summed E-state index contributed by atoms with van der Waals surface area (Å²) in [5, 5.41) is 5.26. The van der Waals surface area contributed by atoms with E-state index in [4.69, 9.17) is 0 Å². The fourth-order valence-electron chi connectivity index (χ4n) is 2.04. The summed E-state index contributed by atoms with van der Waals surface area (Å²) in [6, 6.07) is 4.01. The highest BCUT2D eigenvalue weighted by Gasteiger charge is 2.14. The normalized spacial score (nSPS) is 17.7. The Balaban J connectivity index is 1.66. The standard InChI is InChI=1S/C12H21N3O2S2/c16-19(17,11-9-15-7-5-13-6-8-15)14-4-3-12-2-1-10-18-12/h1-2,10,13-14H,3-9,11H2. The number of thiophene rings is 1. The van der Waals surface area contributed by atoms with E-state index in [1.54, 1.807) is 11.3 Å². The maximum absolute atomic E-state index is 11.9. The lowest BCUT2D eigenvalue weighted by Crippen LogP contribution is -2.46. The molecule has 0 bridgehead atoms. The molecule has 1 aliphatic rings. The summed E-state index contributed by atoms with van der Waals surface area (Å²) in [6.07, 6.45) is 0.768. The molecule has 108 valence electrons. The molecule has 0 radical (unpaired) electrons. The van der Waals surface area contributed by atoms with Crippen LogP contribution in [0.1, 0.15) is 4.88 Å². The molecule has 0 saturated carbocycles. The molecule has 0 unspecified atom stereocenters. The van der Waals surface area contributed by atoms with E-state index in [-0.39, 0.29) is 5.75 Å². The van der Waals surface area contributed by atoms with Crippen LogP contribution in [0.3, 0.4) is 0 Å². The Morgan fingerprint density at radius 2 is 2.16 bits per heavy atom. The van der Waals surface area contributed by atoms with Gasteiger partial charge in [0, 0.05) is 44.1 Å². The minimum atomic E-state index is -3.14. The van der Waals surface area contributed by atoms with Crippen molar-refractivity contribution >= 4 is 21.4 Å². The summed E-state index contributed by atoms with van der Waals surface area (Å²) in [5.74, 6) is 0.192. The number of sulfonamides is 1. The second-order valence-electron chi connectivity index (χ2n) is 4.63. The summed E-state index contributed by atoms with van der Waals surface area (Å²) >= 11 is 1.66. The van der Waals surface area contributed by atoms with Gasteiger partial charge in [0.25, 0.3) is 0 Å². The second-order valence-corrected chi connectivity index (χ2v) is 7.59. The molecule has 2 N–H and O–H groups in total. The van der Waals surface area contributed by atoms with E-state index < -0.39 is 10.0 Å². The van der Waals surface area contributed by atoms with E-state index in [1.807, 2.05) is 17.5 Å². The van der Waals surface area contributed by atoms with Crippen LogP contribution in [0.15, 0.2) is 17.5 Å². The SMILES string of the molecule is O=S(=O)(CCN1CCNCC1)NCCc1cccs1. The monoisotopic (exact) mass is 303 g/mol. The number of nitrogens with one attached hydrogen (secondary N) is 2. The molecule has 1 aromatic heterocycles. The van der Waals surface area contributed by atoms with Crippen LogP contribution in [0, 0.1) is 0 Å². The molecule has 1 aromatic rings. The van der Waals surface area contributed by atoms with Gasteiger partial charge >= 0.3 is 0 Å². The first-order valence-electron chi connectivity index (χ1n) is 6.58. The van der Waals surface area contributed by atoms with Crippen molar-refractivity contribution in [3.63, 3.8) is 0 Å². The molecule has 1 aliphatic heterocycles. The van der Waals surface area contributed by atoms with Crippen molar-refractivity contribution in [3.05, 3.63) is 22.4 Å². The summed E-state index contributed by atoms with van der Waals surface area (Å²) < 4.78 is 26.4. The molecule has 2 heterocycles. The Labute approximate surface area is 119 Å². The van der Waals surface area contributed by atoms with Crippen LogP contribution in [0.25, 0.3) is 0 Å². The van der Waals surface area contributed by atoms with Crippen molar-refractivity contribution < 1.29 is 8.42 Å². The number of hydrogen-bond donors (Lipinski definition) is 2. The molecule has 0 aromatic carbocycles. The lowest BCUT2D eigenvalue weighted by molar-refractivity contribution is 0.253. The molecule has 19 heavy (non-hydrogen) atoms. The van der Waals surface area contributed by atoms with Crippen molar-refractivity contribution in [3.8, 4) is 0 Å². The maximum atomic E-state index is 11.9. The highest BCUT2D eigenvalue weighted by molar-refractivity contribution is 7.89. The molecule has 0 aliphatic carbocycles. The third-order valence-corrected chi connectivity index (χ3v) is 5.46. The van der Waals surface area contributed by atoms with Crippen LogP contribution < -0.4 is 10.0 Å². The van der Waals surface area contributed by atoms with Gasteiger partial charge in [-0.2, -0.15) is 0 Å². The predicted molar refractivity (Wildman–Crippen MR) is 79.1 cm³/mol. The zero-order valence-corrected chi connectivity index (χ0v) is 12.6. The van der Waals surface area contributed by atoms with Crippen molar-refractivity contribution in [2.75, 3.05) is 45.0 Å². The zero-order valence-electron chi connectivity index (χ0n) is 11.0. The lowest BCUT2D eigenvalue weighted by Gasteiger charge is -2.26. The smallest absolute Gasteiger partial charge is 0.212 e. The van der Waals surface area contributed by atoms with E-state index in [0.717, 1.165) is 32.6 Å². The minimum absolute atomic E-state index is 0.192. The maximum Gasteiger partial charge on any atom is 0.212 e. The van der Waals surface area contributed by atoms with Gasteiger partial charge in [-0.3, -0.25) is 4.90 Å². The predicted octanol–water partition coefficient (Wildman–Crippen LogP) is 0.115. The third kappa shape index (κ3) is 5.58. The fourth-order valence-corrected chi connectivity index (χ4v) is 3.81. The largest absolute Gasteiger partial charge is 0.314 e. The first-order valence-corrected chi connectivity index (χ1v) is 9.12. The average Bonchev–Trinajstić information content (AvgIpc) is 2.91. The molecule has 7 heteroatoms. The van der Waals surface area contributed by atoms with Crippen LogP contribution in [0.5, 0.6) is 0 Å². The van der Waals surface area contributed by atoms with Gasteiger partial charge in [0.1, 0.15) is 0 Å². The lowest BCUT2D eigenvalue weighted by atomic mass is 10.3. The van der Waals surface area contributed by atoms with E-state index in [9.17, 15) is 8.42 Å². The average molecular weight is 303 g/mol. The molecule has 0 atom stereocenters. The number of nitrogens with zero attached hydrogens (tertiary/aromatic N) is 1. The van der Waals surface area contributed by atoms with Gasteiger partial charge in [-0.15, -0.1) is 11.3 Å². The van der Waals surface area contributed by atoms with Gasteiger partial charge in [0.05, 0.1) is 5.75 Å². The number of hydrogen-bond acceptors (Lipinski definition) is 5. The van der Waals surface area contributed by atoms with Gasteiger partial charge < -0.3 is 5.32 Å². The van der Waals surface area contributed by atoms with Crippen LogP contribution in [-0.2, 0) is 16.4 Å². The van der Waals surface area contributed by atoms with Crippen molar-refractivity contribution in [2.24, 2.45) is 0 Å². The Hall–Kier alpha value is -0.470. The van der Waals surface area contributed by atoms with Crippen LogP contribution >= 0.6 is 11.3 Å². The Morgan fingerprint density at radius 3 is 2.84 bits per heavy atom. The van der Waals surface area contributed by atoms with Crippen molar-refractivity contribution in [1.29, 1.82) is 0 Å². The molecular weight excluding hydrogens is 282 g/mol. The fraction of sp³-hybridized carbons (Fsp3) is 0.667. The summed E-state index contributed by atoms with van der Waals surface area (Å²) in [4.78, 5) is 3.40. The Bertz CT molecular complexity index is 453. The Kier molecular flexibility index (Phi) is 5.77. The first-order chi connectivity index (χ1) is 9.16. The van der Waals surface area contributed by atoms with Crippen LogP contribution in [0.4, 0.5) is 0 Å². The zero-order chi connectivity index (χ0) is 13.6. The molecule has 5 nitrogen and oxygen atoms in total.